The molecule has 0 fully saturated rings. The number of hydrogen-bond donors (Lipinski definition) is 1. The number of benzene rings is 1. The minimum absolute atomic E-state index is 0.153. The number of nitrogens with zero attached hydrogens (tertiary/aromatic N) is 2. The molecule has 8 heteroatoms. The van der Waals surface area contributed by atoms with E-state index in [9.17, 15) is 14.9 Å². The number of rotatable bonds is 3. The molecular formula is C13H9Br2N3O3. The maximum atomic E-state index is 12.2. The third-order valence-corrected chi connectivity index (χ3v) is 3.56. The van der Waals surface area contributed by atoms with Gasteiger partial charge in [-0.15, -0.1) is 0 Å². The van der Waals surface area contributed by atoms with Crippen LogP contribution in [0, 0.1) is 17.0 Å². The minimum Gasteiger partial charge on any atom is -0.320 e. The van der Waals surface area contributed by atoms with Crippen molar-refractivity contribution >= 4 is 49.1 Å². The molecule has 1 amide bonds. The summed E-state index contributed by atoms with van der Waals surface area (Å²) in [6, 6.07) is 7.48. The fourth-order valence-electron chi connectivity index (χ4n) is 1.67. The summed E-state index contributed by atoms with van der Waals surface area (Å²) < 4.78 is 1.13. The number of nitro groups is 1. The lowest BCUT2D eigenvalue weighted by Crippen LogP contribution is -2.13. The van der Waals surface area contributed by atoms with E-state index >= 15 is 0 Å². The highest BCUT2D eigenvalue weighted by molar-refractivity contribution is 9.10. The number of aryl methyl sites for hydroxylation is 1. The zero-order valence-corrected chi connectivity index (χ0v) is 13.9. The van der Waals surface area contributed by atoms with E-state index < -0.39 is 10.8 Å². The number of non-ortho nitro benzene ring substituents is 1. The normalized spacial score (nSPS) is 10.2. The van der Waals surface area contributed by atoms with Crippen LogP contribution in [0.2, 0.25) is 0 Å². The minimum atomic E-state index is -0.548. The molecule has 0 unspecified atom stereocenters. The highest BCUT2D eigenvalue weighted by Gasteiger charge is 2.15. The van der Waals surface area contributed by atoms with Crippen LogP contribution in [0.5, 0.6) is 0 Å². The molecule has 0 saturated carbocycles. The quantitative estimate of drug-likeness (QED) is 0.465. The summed E-state index contributed by atoms with van der Waals surface area (Å²) in [5.41, 5.74) is 1.23. The zero-order valence-electron chi connectivity index (χ0n) is 10.8. The monoisotopic (exact) mass is 413 g/mol. The topological polar surface area (TPSA) is 85.1 Å². The van der Waals surface area contributed by atoms with Crippen molar-refractivity contribution in [3.05, 3.63) is 60.8 Å². The Bertz CT molecular complexity index is 735. The van der Waals surface area contributed by atoms with Gasteiger partial charge < -0.3 is 5.32 Å². The number of hydrogen-bond acceptors (Lipinski definition) is 4. The lowest BCUT2D eigenvalue weighted by atomic mass is 10.2. The van der Waals surface area contributed by atoms with Crippen molar-refractivity contribution in [2.24, 2.45) is 0 Å². The second kappa shape index (κ2) is 6.31. The molecule has 0 spiro atoms. The van der Waals surface area contributed by atoms with Crippen LogP contribution >= 0.6 is 31.9 Å². The van der Waals surface area contributed by atoms with E-state index in [1.807, 2.05) is 0 Å². The lowest BCUT2D eigenvalue weighted by Gasteiger charge is -2.08. The van der Waals surface area contributed by atoms with Crippen LogP contribution in [0.4, 0.5) is 11.4 Å². The van der Waals surface area contributed by atoms with Crippen LogP contribution in [0.25, 0.3) is 0 Å². The molecule has 2 aromatic rings. The first-order valence-corrected chi connectivity index (χ1v) is 7.35. The SMILES string of the molecule is Cc1nc(Br)ccc1NC(=O)c1cc(Br)cc([N+](=O)[O-])c1. The lowest BCUT2D eigenvalue weighted by molar-refractivity contribution is -0.384. The van der Waals surface area contributed by atoms with Gasteiger partial charge in [0, 0.05) is 22.2 Å². The van der Waals surface area contributed by atoms with Gasteiger partial charge in [0.1, 0.15) is 4.60 Å². The molecule has 21 heavy (non-hydrogen) atoms. The Balaban J connectivity index is 2.30. The summed E-state index contributed by atoms with van der Waals surface area (Å²) >= 11 is 6.39. The van der Waals surface area contributed by atoms with Gasteiger partial charge in [-0.05, 0) is 41.1 Å². The molecule has 1 aromatic carbocycles. The maximum absolute atomic E-state index is 12.2. The molecule has 0 saturated heterocycles. The summed E-state index contributed by atoms with van der Waals surface area (Å²) in [5.74, 6) is -0.438. The Kier molecular flexibility index (Phi) is 4.69. The second-order valence-electron chi connectivity index (χ2n) is 4.18. The Hall–Kier alpha value is -1.80. The number of nitrogens with one attached hydrogen (secondary N) is 1. The van der Waals surface area contributed by atoms with Gasteiger partial charge in [0.2, 0.25) is 0 Å². The first kappa shape index (κ1) is 15.6. The molecule has 0 atom stereocenters. The van der Waals surface area contributed by atoms with Gasteiger partial charge in [0.05, 0.1) is 16.3 Å². The Morgan fingerprint density at radius 1 is 1.29 bits per heavy atom. The van der Waals surface area contributed by atoms with Crippen LogP contribution < -0.4 is 5.32 Å². The van der Waals surface area contributed by atoms with Crippen molar-refractivity contribution in [3.8, 4) is 0 Å². The van der Waals surface area contributed by atoms with E-state index in [4.69, 9.17) is 0 Å². The van der Waals surface area contributed by atoms with Crippen LogP contribution in [-0.2, 0) is 0 Å². The third-order valence-electron chi connectivity index (χ3n) is 2.66. The summed E-state index contributed by atoms with van der Waals surface area (Å²) in [5, 5.41) is 13.5. The van der Waals surface area contributed by atoms with Gasteiger partial charge in [-0.2, -0.15) is 0 Å². The number of pyridine rings is 1. The van der Waals surface area contributed by atoms with Crippen LogP contribution in [0.3, 0.4) is 0 Å². The molecule has 1 heterocycles. The number of carbonyl (C=O) groups is 1. The first-order valence-electron chi connectivity index (χ1n) is 5.76. The fraction of sp³-hybridized carbons (Fsp3) is 0.0769. The van der Waals surface area contributed by atoms with Crippen molar-refractivity contribution < 1.29 is 9.72 Å². The maximum Gasteiger partial charge on any atom is 0.271 e. The molecule has 1 N–H and O–H groups in total. The average molecular weight is 415 g/mol. The fourth-order valence-corrected chi connectivity index (χ4v) is 2.55. The predicted octanol–water partition coefficient (Wildman–Crippen LogP) is 4.08. The van der Waals surface area contributed by atoms with Gasteiger partial charge >= 0.3 is 0 Å². The molecule has 1 aromatic heterocycles. The van der Waals surface area contributed by atoms with Crippen molar-refractivity contribution in [1.82, 2.24) is 4.98 Å². The second-order valence-corrected chi connectivity index (χ2v) is 5.90. The Labute approximate surface area is 137 Å². The smallest absolute Gasteiger partial charge is 0.271 e. The van der Waals surface area contributed by atoms with Gasteiger partial charge in [-0.25, -0.2) is 4.98 Å². The van der Waals surface area contributed by atoms with E-state index in [-0.39, 0.29) is 11.3 Å². The predicted molar refractivity (Wildman–Crippen MR) is 85.4 cm³/mol. The van der Waals surface area contributed by atoms with Crippen molar-refractivity contribution in [3.63, 3.8) is 0 Å². The van der Waals surface area contributed by atoms with E-state index in [0.29, 0.717) is 20.5 Å². The highest BCUT2D eigenvalue weighted by Crippen LogP contribution is 2.23. The number of anilines is 1. The molecule has 108 valence electrons. The molecule has 6 nitrogen and oxygen atoms in total. The Morgan fingerprint density at radius 2 is 2.00 bits per heavy atom. The number of carbonyl (C=O) groups excluding carboxylic acids is 1. The molecule has 0 bridgehead atoms. The standard InChI is InChI=1S/C13H9Br2N3O3/c1-7-11(2-3-12(15)16-7)17-13(19)8-4-9(14)6-10(5-8)18(20)21/h2-6H,1H3,(H,17,19). The van der Waals surface area contributed by atoms with E-state index in [1.54, 1.807) is 19.1 Å². The summed E-state index contributed by atoms with van der Waals surface area (Å²) in [4.78, 5) is 26.6. The number of aromatic nitrogens is 1. The van der Waals surface area contributed by atoms with Crippen LogP contribution in [0.1, 0.15) is 16.1 Å². The van der Waals surface area contributed by atoms with Gasteiger partial charge in [-0.3, -0.25) is 14.9 Å². The van der Waals surface area contributed by atoms with Crippen LogP contribution in [0.15, 0.2) is 39.4 Å². The number of amides is 1. The van der Waals surface area contributed by atoms with E-state index in [0.717, 1.165) is 0 Å². The third kappa shape index (κ3) is 3.85. The van der Waals surface area contributed by atoms with Crippen LogP contribution in [-0.4, -0.2) is 15.8 Å². The van der Waals surface area contributed by atoms with Gasteiger partial charge in [0.25, 0.3) is 11.6 Å². The van der Waals surface area contributed by atoms with E-state index in [2.05, 4.69) is 42.2 Å². The molecular weight excluding hydrogens is 406 g/mol. The van der Waals surface area contributed by atoms with Crippen molar-refractivity contribution in [1.29, 1.82) is 0 Å². The Morgan fingerprint density at radius 3 is 2.62 bits per heavy atom. The van der Waals surface area contributed by atoms with Crippen molar-refractivity contribution in [2.45, 2.75) is 6.92 Å². The number of nitro benzene ring substituents is 1. The van der Waals surface area contributed by atoms with Crippen molar-refractivity contribution in [2.75, 3.05) is 5.32 Å². The highest BCUT2D eigenvalue weighted by atomic mass is 79.9. The first-order chi connectivity index (χ1) is 9.86. The number of halogens is 2. The summed E-state index contributed by atoms with van der Waals surface area (Å²) in [6.45, 7) is 1.75. The average Bonchev–Trinajstić information content (AvgIpc) is 2.41. The molecule has 2 rings (SSSR count). The molecule has 0 radical (unpaired) electrons. The van der Waals surface area contributed by atoms with E-state index in [1.165, 1.54) is 18.2 Å². The molecule has 0 aliphatic carbocycles. The zero-order chi connectivity index (χ0) is 15.6. The largest absolute Gasteiger partial charge is 0.320 e. The summed E-state index contributed by atoms with van der Waals surface area (Å²) in [6.07, 6.45) is 0. The van der Waals surface area contributed by atoms with Gasteiger partial charge in [0.15, 0.2) is 0 Å². The summed E-state index contributed by atoms with van der Waals surface area (Å²) in [7, 11) is 0. The molecule has 0 aliphatic rings. The van der Waals surface area contributed by atoms with Gasteiger partial charge in [-0.1, -0.05) is 15.9 Å². The molecule has 0 aliphatic heterocycles.